The summed E-state index contributed by atoms with van der Waals surface area (Å²) in [4.78, 5) is 4.09. The molecule has 0 radical (unpaired) electrons. The Balaban J connectivity index is 2.42. The highest BCUT2D eigenvalue weighted by molar-refractivity contribution is 7.80. The highest BCUT2D eigenvalue weighted by Gasteiger charge is 2.02. The van der Waals surface area contributed by atoms with E-state index in [4.69, 9.17) is 9.08 Å². The number of nitrogens with zero attached hydrogens (tertiary/aromatic N) is 1. The Labute approximate surface area is 101 Å². The van der Waals surface area contributed by atoms with Gasteiger partial charge in [-0.05, 0) is 24.3 Å². The molecule has 2 aromatic rings. The number of aromatic nitrogens is 1. The number of pyridine rings is 1. The van der Waals surface area contributed by atoms with Crippen LogP contribution in [0.3, 0.4) is 0 Å². The van der Waals surface area contributed by atoms with Gasteiger partial charge in [-0.2, -0.15) is 0 Å². The van der Waals surface area contributed by atoms with Crippen molar-refractivity contribution in [3.8, 4) is 5.75 Å². The van der Waals surface area contributed by atoms with E-state index in [0.717, 1.165) is 0 Å². The largest absolute Gasteiger partial charge is 0.406 e. The lowest BCUT2D eigenvalue weighted by atomic mass is 10.2. The van der Waals surface area contributed by atoms with Crippen LogP contribution in [0.1, 0.15) is 0 Å². The minimum atomic E-state index is -2.12. The molecule has 88 valence electrons. The van der Waals surface area contributed by atoms with Gasteiger partial charge in [0.25, 0.3) is 11.3 Å². The van der Waals surface area contributed by atoms with Crippen LogP contribution in [0.25, 0.3) is 10.9 Å². The van der Waals surface area contributed by atoms with Gasteiger partial charge in [0.1, 0.15) is 0 Å². The first-order valence-corrected chi connectivity index (χ1v) is 6.30. The smallest absolute Gasteiger partial charge is 0.395 e. The molecule has 0 aliphatic heterocycles. The average molecular weight is 270 g/mol. The van der Waals surface area contributed by atoms with Crippen molar-refractivity contribution in [3.05, 3.63) is 30.5 Å². The summed E-state index contributed by atoms with van der Waals surface area (Å²) in [5.41, 5.74) is 1.19. The van der Waals surface area contributed by atoms with E-state index in [1.165, 1.54) is 6.20 Å². The predicted molar refractivity (Wildman–Crippen MR) is 64.4 cm³/mol. The van der Waals surface area contributed by atoms with Gasteiger partial charge in [-0.25, -0.2) is 8.77 Å². The molecule has 0 aliphatic carbocycles. The molecule has 0 saturated carbocycles. The minimum Gasteiger partial charge on any atom is -0.406 e. The SMILES string of the molecule is O=POc1cnc2ccc(NS(=O)O)cc2c1. The third-order valence-corrected chi connectivity index (χ3v) is 2.70. The quantitative estimate of drug-likeness (QED) is 0.657. The molecule has 1 unspecified atom stereocenters. The summed E-state index contributed by atoms with van der Waals surface area (Å²) in [5.74, 6) is 0.358. The van der Waals surface area contributed by atoms with E-state index in [1.54, 1.807) is 24.3 Å². The zero-order valence-corrected chi connectivity index (χ0v) is 10.1. The second-order valence-corrected chi connectivity index (χ2v) is 4.13. The summed E-state index contributed by atoms with van der Waals surface area (Å²) in [6, 6.07) is 6.61. The summed E-state index contributed by atoms with van der Waals surface area (Å²) < 4.78 is 36.7. The number of anilines is 1. The molecule has 0 aliphatic rings. The van der Waals surface area contributed by atoms with Gasteiger partial charge in [0.05, 0.1) is 11.7 Å². The van der Waals surface area contributed by atoms with Crippen molar-refractivity contribution in [2.45, 2.75) is 0 Å². The molecule has 2 rings (SSSR count). The normalized spacial score (nSPS) is 12.5. The fourth-order valence-electron chi connectivity index (χ4n) is 1.37. The Morgan fingerprint density at radius 2 is 2.24 bits per heavy atom. The van der Waals surface area contributed by atoms with E-state index in [9.17, 15) is 8.77 Å². The van der Waals surface area contributed by atoms with Crippen LogP contribution >= 0.6 is 8.69 Å². The van der Waals surface area contributed by atoms with E-state index >= 15 is 0 Å². The average Bonchev–Trinajstić information content (AvgIpc) is 2.28. The first kappa shape index (κ1) is 11.9. The second-order valence-electron chi connectivity index (χ2n) is 3.10. The van der Waals surface area contributed by atoms with Crippen molar-refractivity contribution in [2.75, 3.05) is 4.72 Å². The van der Waals surface area contributed by atoms with Gasteiger partial charge in [-0.1, -0.05) is 0 Å². The lowest BCUT2D eigenvalue weighted by Gasteiger charge is -2.04. The lowest BCUT2D eigenvalue weighted by Crippen LogP contribution is -2.01. The number of hydrogen-bond acceptors (Lipinski definition) is 4. The molecule has 17 heavy (non-hydrogen) atoms. The number of nitrogens with one attached hydrogen (secondary N) is 1. The molecule has 1 atom stereocenters. The van der Waals surface area contributed by atoms with Crippen molar-refractivity contribution in [1.29, 1.82) is 0 Å². The van der Waals surface area contributed by atoms with Crippen LogP contribution in [-0.4, -0.2) is 13.7 Å². The van der Waals surface area contributed by atoms with Crippen LogP contribution in [0.5, 0.6) is 5.75 Å². The van der Waals surface area contributed by atoms with Gasteiger partial charge in [-0.15, -0.1) is 0 Å². The maximum absolute atomic E-state index is 10.6. The van der Waals surface area contributed by atoms with E-state index in [0.29, 0.717) is 22.3 Å². The van der Waals surface area contributed by atoms with Gasteiger partial charge in [-0.3, -0.25) is 14.3 Å². The van der Waals surface area contributed by atoms with Crippen LogP contribution < -0.4 is 9.25 Å². The Morgan fingerprint density at radius 1 is 1.41 bits per heavy atom. The first-order valence-electron chi connectivity index (χ1n) is 4.46. The van der Waals surface area contributed by atoms with E-state index in [1.807, 2.05) is 0 Å². The monoisotopic (exact) mass is 270 g/mol. The third kappa shape index (κ3) is 2.97. The van der Waals surface area contributed by atoms with Crippen LogP contribution in [0.2, 0.25) is 0 Å². The zero-order valence-electron chi connectivity index (χ0n) is 8.36. The molecule has 0 bridgehead atoms. The molecule has 0 fully saturated rings. The fourth-order valence-corrected chi connectivity index (χ4v) is 1.88. The number of benzene rings is 1. The minimum absolute atomic E-state index is 0.358. The molecule has 6 nitrogen and oxygen atoms in total. The summed E-state index contributed by atoms with van der Waals surface area (Å²) in [6.07, 6.45) is 1.45. The fraction of sp³-hybridized carbons (Fsp3) is 0. The Kier molecular flexibility index (Phi) is 3.63. The molecule has 0 amide bonds. The van der Waals surface area contributed by atoms with Crippen LogP contribution in [-0.2, 0) is 15.8 Å². The van der Waals surface area contributed by atoms with Gasteiger partial charge in [0, 0.05) is 11.1 Å². The van der Waals surface area contributed by atoms with Gasteiger partial charge < -0.3 is 4.52 Å². The maximum Gasteiger partial charge on any atom is 0.395 e. The third-order valence-electron chi connectivity index (χ3n) is 2.00. The van der Waals surface area contributed by atoms with E-state index in [2.05, 4.69) is 9.71 Å². The maximum atomic E-state index is 10.6. The number of rotatable bonds is 4. The summed E-state index contributed by atoms with van der Waals surface area (Å²) in [5, 5.41) is 0.710. The molecular formula is C9H7N2O4PS. The summed E-state index contributed by atoms with van der Waals surface area (Å²) >= 11 is -2.12. The van der Waals surface area contributed by atoms with E-state index < -0.39 is 20.0 Å². The molecule has 1 aromatic carbocycles. The molecule has 1 aromatic heterocycles. The molecule has 0 saturated heterocycles. The molecule has 2 N–H and O–H groups in total. The van der Waals surface area contributed by atoms with Crippen LogP contribution in [0.4, 0.5) is 5.69 Å². The standard InChI is InChI=1S/C9H7N2O4PS/c12-16-15-8-4-6-3-7(11-17(13)14)1-2-9(6)10-5-8/h1-5,11H,(H,13,14). The molecule has 1 heterocycles. The van der Waals surface area contributed by atoms with Gasteiger partial charge in [0.2, 0.25) is 0 Å². The highest BCUT2D eigenvalue weighted by Crippen LogP contribution is 2.23. The summed E-state index contributed by atoms with van der Waals surface area (Å²) in [6.45, 7) is 0. The Bertz CT molecular complexity index is 592. The van der Waals surface area contributed by atoms with Crippen molar-refractivity contribution >= 4 is 36.5 Å². The summed E-state index contributed by atoms with van der Waals surface area (Å²) in [7, 11) is -0.455. The molecule has 0 spiro atoms. The molecular weight excluding hydrogens is 263 g/mol. The Hall–Kier alpha value is -1.56. The predicted octanol–water partition coefficient (Wildman–Crippen LogP) is 2.37. The van der Waals surface area contributed by atoms with Crippen LogP contribution in [0.15, 0.2) is 30.5 Å². The molecule has 8 heteroatoms. The lowest BCUT2D eigenvalue weighted by molar-refractivity contribution is 0.524. The highest BCUT2D eigenvalue weighted by atomic mass is 32.2. The van der Waals surface area contributed by atoms with Crippen molar-refractivity contribution < 1.29 is 17.9 Å². The van der Waals surface area contributed by atoms with Gasteiger partial charge >= 0.3 is 8.69 Å². The second kappa shape index (κ2) is 5.18. The van der Waals surface area contributed by atoms with Crippen LogP contribution in [0, 0.1) is 0 Å². The van der Waals surface area contributed by atoms with Crippen molar-refractivity contribution in [3.63, 3.8) is 0 Å². The number of fused-ring (bicyclic) bond motifs is 1. The topological polar surface area (TPSA) is 88.5 Å². The van der Waals surface area contributed by atoms with Crippen molar-refractivity contribution in [2.24, 2.45) is 0 Å². The van der Waals surface area contributed by atoms with Crippen molar-refractivity contribution in [1.82, 2.24) is 4.98 Å². The van der Waals surface area contributed by atoms with E-state index in [-0.39, 0.29) is 0 Å². The Morgan fingerprint density at radius 3 is 2.94 bits per heavy atom. The zero-order chi connectivity index (χ0) is 12.3. The number of hydrogen-bond donors (Lipinski definition) is 2. The van der Waals surface area contributed by atoms with Gasteiger partial charge in [0.15, 0.2) is 5.75 Å². The first-order chi connectivity index (χ1) is 8.19.